The Hall–Kier alpha value is -1.21. The van der Waals surface area contributed by atoms with Gasteiger partial charge in [-0.3, -0.25) is 0 Å². The van der Waals surface area contributed by atoms with Gasteiger partial charge in [0.2, 0.25) is 5.88 Å². The number of hydrogen-bond donors (Lipinski definition) is 1. The Bertz CT molecular complexity index is 530. The van der Waals surface area contributed by atoms with Gasteiger partial charge in [0.05, 0.1) is 18.8 Å². The van der Waals surface area contributed by atoms with Crippen LogP contribution in [0.2, 0.25) is 0 Å². The van der Waals surface area contributed by atoms with Gasteiger partial charge in [0.25, 0.3) is 0 Å². The number of methoxy groups -OCH3 is 1. The van der Waals surface area contributed by atoms with Crippen LogP contribution in [0.5, 0.6) is 5.88 Å². The van der Waals surface area contributed by atoms with E-state index in [0.717, 1.165) is 12.1 Å². The van der Waals surface area contributed by atoms with E-state index >= 15 is 0 Å². The molecule has 1 atom stereocenters. The molecule has 0 fully saturated rings. The Morgan fingerprint density at radius 3 is 2.63 bits per heavy atom. The van der Waals surface area contributed by atoms with E-state index in [4.69, 9.17) is 4.74 Å². The molecule has 0 aliphatic carbocycles. The fourth-order valence-electron chi connectivity index (χ4n) is 1.87. The maximum atomic E-state index is 5.14. The van der Waals surface area contributed by atoms with Crippen molar-refractivity contribution in [3.05, 3.63) is 51.5 Å². The lowest BCUT2D eigenvalue weighted by Gasteiger charge is -2.16. The van der Waals surface area contributed by atoms with Crippen molar-refractivity contribution in [2.24, 2.45) is 0 Å². The summed E-state index contributed by atoms with van der Waals surface area (Å²) in [5.74, 6) is 0.591. The van der Waals surface area contributed by atoms with Crippen LogP contribution in [0, 0.1) is 3.57 Å². The van der Waals surface area contributed by atoms with Gasteiger partial charge in [-0.25, -0.2) is 9.97 Å². The van der Waals surface area contributed by atoms with E-state index in [2.05, 4.69) is 62.1 Å². The van der Waals surface area contributed by atoms with Crippen LogP contribution in [0.3, 0.4) is 0 Å². The molecule has 1 heterocycles. The minimum absolute atomic E-state index is 0.150. The number of aromatic nitrogens is 2. The molecule has 2 aromatic rings. The highest BCUT2D eigenvalue weighted by Crippen LogP contribution is 2.19. The lowest BCUT2D eigenvalue weighted by Crippen LogP contribution is -2.20. The zero-order valence-electron chi connectivity index (χ0n) is 10.9. The second-order valence-corrected chi connectivity index (χ2v) is 5.40. The monoisotopic (exact) mass is 369 g/mol. The highest BCUT2D eigenvalue weighted by molar-refractivity contribution is 14.1. The molecule has 0 amide bonds. The summed E-state index contributed by atoms with van der Waals surface area (Å²) >= 11 is 2.31. The van der Waals surface area contributed by atoms with Crippen molar-refractivity contribution in [3.8, 4) is 5.88 Å². The molecule has 1 N–H and O–H groups in total. The number of nitrogens with one attached hydrogen (secondary N) is 1. The summed E-state index contributed by atoms with van der Waals surface area (Å²) in [6.45, 7) is 0. The van der Waals surface area contributed by atoms with Gasteiger partial charge in [-0.15, -0.1) is 0 Å². The van der Waals surface area contributed by atoms with Crippen LogP contribution in [-0.4, -0.2) is 24.1 Å². The standard InChI is InChI=1S/C14H16IN3O/c1-16-12(7-10-3-5-11(15)6-4-10)13-8-14(19-2)18-9-17-13/h3-6,8-9,12,16H,7H2,1-2H3. The first kappa shape index (κ1) is 14.2. The predicted octanol–water partition coefficient (Wildman–Crippen LogP) is 2.59. The van der Waals surface area contributed by atoms with Gasteiger partial charge in [-0.2, -0.15) is 0 Å². The summed E-state index contributed by atoms with van der Waals surface area (Å²) in [5, 5.41) is 3.29. The van der Waals surface area contributed by atoms with Crippen LogP contribution in [0.1, 0.15) is 17.3 Å². The summed E-state index contributed by atoms with van der Waals surface area (Å²) in [5.41, 5.74) is 2.21. The normalized spacial score (nSPS) is 12.2. The zero-order valence-corrected chi connectivity index (χ0v) is 13.1. The van der Waals surface area contributed by atoms with Gasteiger partial charge < -0.3 is 10.1 Å². The lowest BCUT2D eigenvalue weighted by atomic mass is 10.0. The second kappa shape index (κ2) is 6.81. The number of nitrogens with zero attached hydrogens (tertiary/aromatic N) is 2. The molecule has 0 saturated heterocycles. The van der Waals surface area contributed by atoms with E-state index in [1.165, 1.54) is 15.5 Å². The van der Waals surface area contributed by atoms with Gasteiger partial charge >= 0.3 is 0 Å². The number of ether oxygens (including phenoxy) is 1. The van der Waals surface area contributed by atoms with Crippen LogP contribution < -0.4 is 10.1 Å². The molecule has 2 rings (SSSR count). The predicted molar refractivity (Wildman–Crippen MR) is 83.2 cm³/mol. The molecule has 1 aromatic carbocycles. The fourth-order valence-corrected chi connectivity index (χ4v) is 2.23. The molecule has 0 aliphatic rings. The first-order valence-corrected chi connectivity index (χ1v) is 7.08. The third-order valence-corrected chi connectivity index (χ3v) is 3.65. The minimum atomic E-state index is 0.150. The second-order valence-electron chi connectivity index (χ2n) is 4.16. The summed E-state index contributed by atoms with van der Waals surface area (Å²) < 4.78 is 6.38. The maximum absolute atomic E-state index is 5.14. The van der Waals surface area contributed by atoms with E-state index in [1.807, 2.05) is 13.1 Å². The largest absolute Gasteiger partial charge is 0.481 e. The highest BCUT2D eigenvalue weighted by atomic mass is 127. The van der Waals surface area contributed by atoms with E-state index in [9.17, 15) is 0 Å². The Balaban J connectivity index is 2.17. The van der Waals surface area contributed by atoms with E-state index in [1.54, 1.807) is 7.11 Å². The van der Waals surface area contributed by atoms with Crippen molar-refractivity contribution in [2.45, 2.75) is 12.5 Å². The molecule has 19 heavy (non-hydrogen) atoms. The zero-order chi connectivity index (χ0) is 13.7. The van der Waals surface area contributed by atoms with Crippen LogP contribution in [0.4, 0.5) is 0 Å². The molecule has 100 valence electrons. The van der Waals surface area contributed by atoms with Gasteiger partial charge in [0.15, 0.2) is 0 Å². The average Bonchev–Trinajstić information content (AvgIpc) is 2.46. The SMILES string of the molecule is CNC(Cc1ccc(I)cc1)c1cc(OC)ncn1. The maximum Gasteiger partial charge on any atom is 0.216 e. The lowest BCUT2D eigenvalue weighted by molar-refractivity contribution is 0.394. The van der Waals surface area contributed by atoms with Crippen molar-refractivity contribution < 1.29 is 4.74 Å². The number of halogens is 1. The van der Waals surface area contributed by atoms with Gasteiger partial charge in [0, 0.05) is 9.64 Å². The minimum Gasteiger partial charge on any atom is -0.481 e. The number of rotatable bonds is 5. The summed E-state index contributed by atoms with van der Waals surface area (Å²) in [4.78, 5) is 8.35. The first-order valence-electron chi connectivity index (χ1n) is 6.00. The van der Waals surface area contributed by atoms with E-state index < -0.39 is 0 Å². The van der Waals surface area contributed by atoms with Crippen molar-refractivity contribution >= 4 is 22.6 Å². The van der Waals surface area contributed by atoms with Crippen LogP contribution >= 0.6 is 22.6 Å². The summed E-state index contributed by atoms with van der Waals surface area (Å²) in [6.07, 6.45) is 2.42. The van der Waals surface area contributed by atoms with Crippen molar-refractivity contribution in [2.75, 3.05) is 14.2 Å². The molecule has 5 heteroatoms. The Morgan fingerprint density at radius 1 is 1.26 bits per heavy atom. The van der Waals surface area contributed by atoms with Crippen molar-refractivity contribution in [1.29, 1.82) is 0 Å². The number of hydrogen-bond acceptors (Lipinski definition) is 4. The average molecular weight is 369 g/mol. The molecule has 0 spiro atoms. The van der Waals surface area contributed by atoms with Gasteiger partial charge in [0.1, 0.15) is 6.33 Å². The van der Waals surface area contributed by atoms with Crippen LogP contribution in [0.25, 0.3) is 0 Å². The van der Waals surface area contributed by atoms with Gasteiger partial charge in [-0.05, 0) is 53.8 Å². The number of benzene rings is 1. The molecular formula is C14H16IN3O. The van der Waals surface area contributed by atoms with Crippen molar-refractivity contribution in [3.63, 3.8) is 0 Å². The molecule has 0 bridgehead atoms. The van der Waals surface area contributed by atoms with E-state index in [-0.39, 0.29) is 6.04 Å². The van der Waals surface area contributed by atoms with Gasteiger partial charge in [-0.1, -0.05) is 12.1 Å². The molecule has 4 nitrogen and oxygen atoms in total. The third-order valence-electron chi connectivity index (χ3n) is 2.93. The summed E-state index contributed by atoms with van der Waals surface area (Å²) in [6, 6.07) is 10.5. The quantitative estimate of drug-likeness (QED) is 0.824. The van der Waals surface area contributed by atoms with Crippen molar-refractivity contribution in [1.82, 2.24) is 15.3 Å². The van der Waals surface area contributed by atoms with E-state index in [0.29, 0.717) is 5.88 Å². The smallest absolute Gasteiger partial charge is 0.216 e. The van der Waals surface area contributed by atoms with Crippen LogP contribution in [0.15, 0.2) is 36.7 Å². The molecule has 0 radical (unpaired) electrons. The first-order chi connectivity index (χ1) is 9.22. The Kier molecular flexibility index (Phi) is 5.09. The topological polar surface area (TPSA) is 47.0 Å². The molecular weight excluding hydrogens is 353 g/mol. The molecule has 0 saturated carbocycles. The number of likely N-dealkylation sites (N-methyl/N-ethyl adjacent to an activating group) is 1. The Morgan fingerprint density at radius 2 is 2.00 bits per heavy atom. The summed E-state index contributed by atoms with van der Waals surface area (Å²) in [7, 11) is 3.55. The molecule has 0 aliphatic heterocycles. The highest BCUT2D eigenvalue weighted by Gasteiger charge is 2.12. The molecule has 1 unspecified atom stereocenters. The molecule has 1 aromatic heterocycles. The van der Waals surface area contributed by atoms with Crippen LogP contribution in [-0.2, 0) is 6.42 Å². The Labute approximate surface area is 126 Å². The third kappa shape index (κ3) is 3.87. The fraction of sp³-hybridized carbons (Fsp3) is 0.286.